The van der Waals surface area contributed by atoms with Gasteiger partial charge in [-0.2, -0.15) is 0 Å². The first kappa shape index (κ1) is 13.0. The molecule has 1 saturated heterocycles. The van der Waals surface area contributed by atoms with Gasteiger partial charge in [-0.15, -0.1) is 0 Å². The summed E-state index contributed by atoms with van der Waals surface area (Å²) in [4.78, 5) is 22.5. The lowest BCUT2D eigenvalue weighted by Crippen LogP contribution is -2.48. The molecule has 5 heteroatoms. The summed E-state index contributed by atoms with van der Waals surface area (Å²) in [6.07, 6.45) is -0.0622. The van der Waals surface area contributed by atoms with E-state index in [1.165, 1.54) is 0 Å². The Balaban J connectivity index is 2.52. The number of rotatable bonds is 4. The summed E-state index contributed by atoms with van der Waals surface area (Å²) < 4.78 is 0. The molecule has 0 spiro atoms. The van der Waals surface area contributed by atoms with Gasteiger partial charge in [0.15, 0.2) is 0 Å². The van der Waals surface area contributed by atoms with Crippen LogP contribution in [0.5, 0.6) is 0 Å². The second-order valence-electron chi connectivity index (χ2n) is 5.19. The smallest absolute Gasteiger partial charge is 0.305 e. The fourth-order valence-electron chi connectivity index (χ4n) is 2.01. The second kappa shape index (κ2) is 4.82. The third-order valence-corrected chi connectivity index (χ3v) is 2.91. The molecule has 16 heavy (non-hydrogen) atoms. The van der Waals surface area contributed by atoms with Crippen LogP contribution < -0.4 is 10.6 Å². The first-order valence-electron chi connectivity index (χ1n) is 5.56. The Bertz CT molecular complexity index is 289. The molecule has 2 atom stereocenters. The van der Waals surface area contributed by atoms with E-state index in [2.05, 4.69) is 10.6 Å². The molecule has 1 rings (SSSR count). The van der Waals surface area contributed by atoms with E-state index in [0.717, 1.165) is 6.54 Å². The van der Waals surface area contributed by atoms with Crippen LogP contribution in [0.4, 0.5) is 0 Å². The van der Waals surface area contributed by atoms with E-state index in [1.807, 2.05) is 6.92 Å². The van der Waals surface area contributed by atoms with Crippen LogP contribution in [0, 0.1) is 11.8 Å². The number of carboxylic acids is 1. The van der Waals surface area contributed by atoms with Crippen LogP contribution >= 0.6 is 0 Å². The van der Waals surface area contributed by atoms with Gasteiger partial charge < -0.3 is 15.7 Å². The lowest BCUT2D eigenvalue weighted by Gasteiger charge is -2.27. The number of carbonyl (C=O) groups excluding carboxylic acids is 1. The van der Waals surface area contributed by atoms with Crippen LogP contribution in [0.1, 0.15) is 27.2 Å². The molecule has 1 amide bonds. The van der Waals surface area contributed by atoms with Crippen molar-refractivity contribution in [3.8, 4) is 0 Å². The molecule has 0 unspecified atom stereocenters. The Hall–Kier alpha value is -1.10. The van der Waals surface area contributed by atoms with Gasteiger partial charge in [0.25, 0.3) is 0 Å². The van der Waals surface area contributed by atoms with Crippen molar-refractivity contribution in [1.29, 1.82) is 0 Å². The van der Waals surface area contributed by atoms with Gasteiger partial charge in [0.05, 0.1) is 12.3 Å². The molecular weight excluding hydrogens is 208 g/mol. The van der Waals surface area contributed by atoms with E-state index >= 15 is 0 Å². The van der Waals surface area contributed by atoms with Crippen LogP contribution in [0.2, 0.25) is 0 Å². The molecule has 0 bridgehead atoms. The van der Waals surface area contributed by atoms with Crippen LogP contribution in [0.25, 0.3) is 0 Å². The third-order valence-electron chi connectivity index (χ3n) is 2.91. The van der Waals surface area contributed by atoms with E-state index in [0.29, 0.717) is 12.5 Å². The van der Waals surface area contributed by atoms with Crippen LogP contribution in [0.3, 0.4) is 0 Å². The van der Waals surface area contributed by atoms with Crippen molar-refractivity contribution >= 4 is 11.9 Å². The Labute approximate surface area is 95.6 Å². The molecule has 0 aromatic carbocycles. The highest BCUT2D eigenvalue weighted by Gasteiger charge is 2.33. The summed E-state index contributed by atoms with van der Waals surface area (Å²) in [7, 11) is 0. The molecule has 0 aliphatic carbocycles. The number of amides is 1. The number of nitrogens with one attached hydrogen (secondary N) is 2. The van der Waals surface area contributed by atoms with E-state index in [9.17, 15) is 9.59 Å². The van der Waals surface area contributed by atoms with Crippen molar-refractivity contribution in [3.05, 3.63) is 0 Å². The Morgan fingerprint density at radius 1 is 1.44 bits per heavy atom. The summed E-state index contributed by atoms with van der Waals surface area (Å²) in [5.41, 5.74) is -0.689. The number of hydrogen-bond acceptors (Lipinski definition) is 3. The predicted octanol–water partition coefficient (Wildman–Crippen LogP) is 0.211. The van der Waals surface area contributed by atoms with Crippen LogP contribution in [0.15, 0.2) is 0 Å². The van der Waals surface area contributed by atoms with Crippen LogP contribution in [-0.2, 0) is 9.59 Å². The SMILES string of the molecule is C[C@@H]1CNC[C@H]1C(=O)NC(C)(C)CC(=O)O. The van der Waals surface area contributed by atoms with E-state index < -0.39 is 11.5 Å². The molecule has 5 nitrogen and oxygen atoms in total. The average Bonchev–Trinajstić information content (AvgIpc) is 2.47. The zero-order valence-corrected chi connectivity index (χ0v) is 10.0. The quantitative estimate of drug-likeness (QED) is 0.643. The fourth-order valence-corrected chi connectivity index (χ4v) is 2.01. The van der Waals surface area contributed by atoms with Gasteiger partial charge in [0, 0.05) is 12.1 Å². The molecule has 0 aromatic rings. The monoisotopic (exact) mass is 228 g/mol. The maximum absolute atomic E-state index is 11.9. The topological polar surface area (TPSA) is 78.4 Å². The largest absolute Gasteiger partial charge is 0.481 e. The molecule has 1 aliphatic heterocycles. The maximum Gasteiger partial charge on any atom is 0.305 e. The fraction of sp³-hybridized carbons (Fsp3) is 0.818. The molecule has 0 aromatic heterocycles. The summed E-state index contributed by atoms with van der Waals surface area (Å²) in [6, 6.07) is 0. The number of carboxylic acid groups (broad SMARTS) is 1. The molecule has 1 fully saturated rings. The number of aliphatic carboxylic acids is 1. The van der Waals surface area contributed by atoms with Crippen molar-refractivity contribution in [2.45, 2.75) is 32.7 Å². The molecule has 0 radical (unpaired) electrons. The standard InChI is InChI=1S/C11H20N2O3/c1-7-5-12-6-8(7)10(16)13-11(2,3)4-9(14)15/h7-8,12H,4-6H2,1-3H3,(H,13,16)(H,14,15)/t7-,8-/m1/s1. The second-order valence-corrected chi connectivity index (χ2v) is 5.19. The Kier molecular flexibility index (Phi) is 3.91. The van der Waals surface area contributed by atoms with Gasteiger partial charge >= 0.3 is 5.97 Å². The molecule has 1 heterocycles. The molecule has 0 saturated carbocycles. The minimum absolute atomic E-state index is 0.0481. The zero-order chi connectivity index (χ0) is 12.3. The van der Waals surface area contributed by atoms with Crippen molar-refractivity contribution in [1.82, 2.24) is 10.6 Å². The highest BCUT2D eigenvalue weighted by Crippen LogP contribution is 2.18. The summed E-state index contributed by atoms with van der Waals surface area (Å²) in [5, 5.41) is 14.7. The first-order valence-corrected chi connectivity index (χ1v) is 5.56. The van der Waals surface area contributed by atoms with Gasteiger partial charge in [-0.3, -0.25) is 9.59 Å². The zero-order valence-electron chi connectivity index (χ0n) is 10.0. The van der Waals surface area contributed by atoms with Gasteiger partial charge in [0.2, 0.25) is 5.91 Å². The van der Waals surface area contributed by atoms with E-state index in [1.54, 1.807) is 13.8 Å². The van der Waals surface area contributed by atoms with Gasteiger partial charge in [0.1, 0.15) is 0 Å². The highest BCUT2D eigenvalue weighted by atomic mass is 16.4. The number of hydrogen-bond donors (Lipinski definition) is 3. The molecule has 1 aliphatic rings. The van der Waals surface area contributed by atoms with Crippen molar-refractivity contribution < 1.29 is 14.7 Å². The Morgan fingerprint density at radius 3 is 2.50 bits per heavy atom. The maximum atomic E-state index is 11.9. The van der Waals surface area contributed by atoms with Crippen molar-refractivity contribution in [2.24, 2.45) is 11.8 Å². The molecule has 92 valence electrons. The van der Waals surface area contributed by atoms with Crippen molar-refractivity contribution in [2.75, 3.05) is 13.1 Å². The van der Waals surface area contributed by atoms with Gasteiger partial charge in [-0.25, -0.2) is 0 Å². The summed E-state index contributed by atoms with van der Waals surface area (Å²) in [5.74, 6) is -0.694. The average molecular weight is 228 g/mol. The predicted molar refractivity (Wildman–Crippen MR) is 60.0 cm³/mol. The highest BCUT2D eigenvalue weighted by molar-refractivity contribution is 5.81. The summed E-state index contributed by atoms with van der Waals surface area (Å²) >= 11 is 0. The summed E-state index contributed by atoms with van der Waals surface area (Å²) in [6.45, 7) is 7.00. The number of carbonyl (C=O) groups is 2. The first-order chi connectivity index (χ1) is 7.32. The normalized spacial score (nSPS) is 25.4. The Morgan fingerprint density at radius 2 is 2.06 bits per heavy atom. The van der Waals surface area contributed by atoms with Crippen LogP contribution in [-0.4, -0.2) is 35.6 Å². The molecular formula is C11H20N2O3. The lowest BCUT2D eigenvalue weighted by atomic mass is 9.94. The van der Waals surface area contributed by atoms with Crippen molar-refractivity contribution in [3.63, 3.8) is 0 Å². The van der Waals surface area contributed by atoms with Gasteiger partial charge in [-0.1, -0.05) is 6.92 Å². The third kappa shape index (κ3) is 3.48. The lowest BCUT2D eigenvalue weighted by molar-refractivity contribution is -0.139. The minimum atomic E-state index is -0.900. The minimum Gasteiger partial charge on any atom is -0.481 e. The molecule has 3 N–H and O–H groups in total. The van der Waals surface area contributed by atoms with E-state index in [-0.39, 0.29) is 18.2 Å². The van der Waals surface area contributed by atoms with E-state index in [4.69, 9.17) is 5.11 Å². The van der Waals surface area contributed by atoms with Gasteiger partial charge in [-0.05, 0) is 26.3 Å².